The lowest BCUT2D eigenvalue weighted by Gasteiger charge is -2.54. The summed E-state index contributed by atoms with van der Waals surface area (Å²) in [5.74, 6) is 1.13. The van der Waals surface area contributed by atoms with Gasteiger partial charge in [-0.05, 0) is 44.6 Å². The van der Waals surface area contributed by atoms with Gasteiger partial charge in [0.25, 0.3) is 0 Å². The van der Waals surface area contributed by atoms with Crippen LogP contribution in [0.25, 0.3) is 0 Å². The molecule has 28 heavy (non-hydrogen) atoms. The Balaban J connectivity index is 0.00000192. The molecular weight excluding hydrogens is 380 g/mol. The van der Waals surface area contributed by atoms with Crippen molar-refractivity contribution in [1.29, 1.82) is 0 Å². The first kappa shape index (κ1) is 19.6. The number of hydrogen-bond acceptors (Lipinski definition) is 5. The Kier molecular flexibility index (Phi) is 5.60. The zero-order valence-electron chi connectivity index (χ0n) is 16.1. The van der Waals surface area contributed by atoms with Crippen molar-refractivity contribution < 1.29 is 9.59 Å². The summed E-state index contributed by atoms with van der Waals surface area (Å²) in [6, 6.07) is 0.345. The van der Waals surface area contributed by atoms with Gasteiger partial charge >= 0.3 is 0 Å². The number of rotatable bonds is 2. The number of halogens is 1. The second-order valence-electron chi connectivity index (χ2n) is 8.59. The van der Waals surface area contributed by atoms with E-state index in [1.807, 2.05) is 14.4 Å². The molecule has 4 aliphatic heterocycles. The molecule has 1 aromatic heterocycles. The highest BCUT2D eigenvalue weighted by atomic mass is 35.5. The van der Waals surface area contributed by atoms with Gasteiger partial charge in [0.05, 0.1) is 0 Å². The Labute approximate surface area is 171 Å². The molecule has 8 nitrogen and oxygen atoms in total. The molecule has 1 N–H and O–H groups in total. The van der Waals surface area contributed by atoms with Gasteiger partial charge in [0.15, 0.2) is 0 Å². The number of piperidine rings is 4. The molecule has 5 heterocycles. The quantitative estimate of drug-likeness (QED) is 0.784. The van der Waals surface area contributed by atoms with Gasteiger partial charge in [0, 0.05) is 44.1 Å². The first-order valence-electron chi connectivity index (χ1n) is 10.4. The third kappa shape index (κ3) is 3.30. The van der Waals surface area contributed by atoms with Gasteiger partial charge in [-0.3, -0.25) is 9.59 Å². The van der Waals surface area contributed by atoms with Gasteiger partial charge < -0.3 is 19.7 Å². The minimum Gasteiger partial charge on any atom is -0.341 e. The van der Waals surface area contributed by atoms with Crippen molar-refractivity contribution in [3.8, 4) is 0 Å². The van der Waals surface area contributed by atoms with Crippen molar-refractivity contribution in [1.82, 2.24) is 29.9 Å². The topological polar surface area (TPSA) is 83.4 Å². The first-order chi connectivity index (χ1) is 13.2. The first-order valence-corrected chi connectivity index (χ1v) is 10.4. The zero-order valence-corrected chi connectivity index (χ0v) is 16.9. The minimum atomic E-state index is -0.265. The summed E-state index contributed by atoms with van der Waals surface area (Å²) in [6.45, 7) is 3.32. The normalized spacial score (nSPS) is 33.2. The molecule has 0 saturated carbocycles. The largest absolute Gasteiger partial charge is 0.341 e. The number of likely N-dealkylation sites (tertiary alicyclic amines) is 1. The predicted molar refractivity (Wildman–Crippen MR) is 105 cm³/mol. The molecule has 0 aromatic carbocycles. The molecule has 2 amide bonds. The van der Waals surface area contributed by atoms with Crippen LogP contribution in [0.4, 0.5) is 0 Å². The number of carbonyl (C=O) groups excluding carboxylic acids is 2. The predicted octanol–water partition coefficient (Wildman–Crippen LogP) is 0.852. The fourth-order valence-corrected chi connectivity index (χ4v) is 5.80. The molecular formula is C19H29ClN6O2. The van der Waals surface area contributed by atoms with Crippen LogP contribution in [0.15, 0.2) is 12.7 Å². The monoisotopic (exact) mass is 408 g/mol. The number of amides is 2. The molecule has 0 radical (unpaired) electrons. The maximum Gasteiger partial charge on any atom is 0.245 e. The number of carbonyl (C=O) groups is 2. The Morgan fingerprint density at radius 3 is 2.54 bits per heavy atom. The summed E-state index contributed by atoms with van der Waals surface area (Å²) in [6.07, 6.45) is 9.04. The van der Waals surface area contributed by atoms with Crippen LogP contribution in [0.1, 0.15) is 44.6 Å². The van der Waals surface area contributed by atoms with E-state index < -0.39 is 0 Å². The maximum atomic E-state index is 13.5. The van der Waals surface area contributed by atoms with E-state index in [9.17, 15) is 9.59 Å². The van der Waals surface area contributed by atoms with Gasteiger partial charge in [-0.1, -0.05) is 0 Å². The van der Waals surface area contributed by atoms with E-state index in [0.717, 1.165) is 58.3 Å². The van der Waals surface area contributed by atoms with Crippen molar-refractivity contribution in [2.75, 3.05) is 26.2 Å². The molecule has 9 heteroatoms. The Morgan fingerprint density at radius 2 is 1.79 bits per heavy atom. The highest BCUT2D eigenvalue weighted by Crippen LogP contribution is 2.40. The maximum absolute atomic E-state index is 13.5. The Hall–Kier alpha value is -1.67. The van der Waals surface area contributed by atoms with Crippen LogP contribution >= 0.6 is 12.4 Å². The smallest absolute Gasteiger partial charge is 0.245 e. The lowest BCUT2D eigenvalue weighted by atomic mass is 9.72. The molecule has 4 fully saturated rings. The number of aromatic nitrogens is 3. The summed E-state index contributed by atoms with van der Waals surface area (Å²) >= 11 is 0. The molecule has 4 aliphatic rings. The number of nitrogens with one attached hydrogen (secondary N) is 1. The van der Waals surface area contributed by atoms with Crippen molar-refractivity contribution >= 4 is 24.2 Å². The van der Waals surface area contributed by atoms with Crippen LogP contribution in [-0.4, -0.2) is 74.6 Å². The standard InChI is InChI=1S/C19H28N6O2.ClH/c26-17-3-1-2-16-13-8-14(10-20-9-13)18(25(16)17)19(27)23-6-4-15(5-7-23)24-11-21-22-12-24;/h11-16,18,20H,1-10H2;1H/t13-,14+,16+,18-;/m1./s1. The van der Waals surface area contributed by atoms with E-state index in [0.29, 0.717) is 18.4 Å². The van der Waals surface area contributed by atoms with Crippen molar-refractivity contribution in [3.63, 3.8) is 0 Å². The lowest BCUT2D eigenvalue weighted by molar-refractivity contribution is -0.162. The second-order valence-corrected chi connectivity index (χ2v) is 8.59. The second kappa shape index (κ2) is 7.99. The average Bonchev–Trinajstić information content (AvgIpc) is 3.24. The Bertz CT molecular complexity index is 705. The molecule has 2 bridgehead atoms. The SMILES string of the molecule is Cl.O=C([C@H]1[C@@H]2CNC[C@@H](C2)[C@@H]2CCCC(=O)N21)N1CCC(n2cnnc2)CC1. The molecule has 1 aromatic rings. The van der Waals surface area contributed by atoms with E-state index in [1.54, 1.807) is 12.7 Å². The van der Waals surface area contributed by atoms with Crippen molar-refractivity contribution in [3.05, 3.63) is 12.7 Å². The third-order valence-corrected chi connectivity index (χ3v) is 7.13. The van der Waals surface area contributed by atoms with Crippen LogP contribution in [0.5, 0.6) is 0 Å². The van der Waals surface area contributed by atoms with E-state index in [2.05, 4.69) is 15.5 Å². The van der Waals surface area contributed by atoms with Gasteiger partial charge in [0.2, 0.25) is 11.8 Å². The number of hydrogen-bond donors (Lipinski definition) is 1. The van der Waals surface area contributed by atoms with Crippen LogP contribution in [0.2, 0.25) is 0 Å². The molecule has 5 rings (SSSR count). The summed E-state index contributed by atoms with van der Waals surface area (Å²) in [5.41, 5.74) is 0. The highest BCUT2D eigenvalue weighted by Gasteiger charge is 2.51. The van der Waals surface area contributed by atoms with Crippen molar-refractivity contribution in [2.45, 2.75) is 56.7 Å². The summed E-state index contributed by atoms with van der Waals surface area (Å²) < 4.78 is 2.04. The number of fused-ring (bicyclic) bond motifs is 4. The molecule has 0 unspecified atom stereocenters. The van der Waals surface area contributed by atoms with Crippen molar-refractivity contribution in [2.24, 2.45) is 11.8 Å². The number of nitrogens with zero attached hydrogens (tertiary/aromatic N) is 5. The molecule has 4 atom stereocenters. The highest BCUT2D eigenvalue weighted by molar-refractivity contribution is 5.89. The molecule has 4 saturated heterocycles. The van der Waals surface area contributed by atoms with Crippen LogP contribution in [-0.2, 0) is 9.59 Å². The van der Waals surface area contributed by atoms with Gasteiger partial charge in [-0.25, -0.2) is 0 Å². The summed E-state index contributed by atoms with van der Waals surface area (Å²) in [4.78, 5) is 30.3. The van der Waals surface area contributed by atoms with Crippen LogP contribution in [0, 0.1) is 11.8 Å². The lowest BCUT2D eigenvalue weighted by Crippen LogP contribution is -2.68. The molecule has 154 valence electrons. The van der Waals surface area contributed by atoms with Crippen LogP contribution in [0.3, 0.4) is 0 Å². The fourth-order valence-electron chi connectivity index (χ4n) is 5.80. The minimum absolute atomic E-state index is 0. The zero-order chi connectivity index (χ0) is 18.4. The Morgan fingerprint density at radius 1 is 1.07 bits per heavy atom. The van der Waals surface area contributed by atoms with E-state index >= 15 is 0 Å². The van der Waals surface area contributed by atoms with Gasteiger partial charge in [-0.15, -0.1) is 22.6 Å². The van der Waals surface area contributed by atoms with Gasteiger partial charge in [0.1, 0.15) is 18.7 Å². The molecule has 0 aliphatic carbocycles. The third-order valence-electron chi connectivity index (χ3n) is 7.13. The van der Waals surface area contributed by atoms with Gasteiger partial charge in [-0.2, -0.15) is 0 Å². The van der Waals surface area contributed by atoms with E-state index in [4.69, 9.17) is 0 Å². The summed E-state index contributed by atoms with van der Waals surface area (Å²) in [7, 11) is 0. The summed E-state index contributed by atoms with van der Waals surface area (Å²) in [5, 5.41) is 11.3. The average molecular weight is 409 g/mol. The fraction of sp³-hybridized carbons (Fsp3) is 0.789. The van der Waals surface area contributed by atoms with E-state index in [-0.39, 0.29) is 42.2 Å². The molecule has 0 spiro atoms. The van der Waals surface area contributed by atoms with E-state index in [1.165, 1.54) is 0 Å². The van der Waals surface area contributed by atoms with Crippen LogP contribution < -0.4 is 5.32 Å².